The number of aryl methyl sites for hydroxylation is 2. The molecule has 1 aromatic carbocycles. The fourth-order valence-corrected chi connectivity index (χ4v) is 4.18. The highest BCUT2D eigenvalue weighted by Crippen LogP contribution is 2.29. The largest absolute Gasteiger partial charge is 0.397 e. The molecule has 0 radical (unpaired) electrons. The number of amidine groups is 1. The van der Waals surface area contributed by atoms with Gasteiger partial charge in [-0.15, -0.1) is 0 Å². The molecule has 2 N–H and O–H groups in total. The van der Waals surface area contributed by atoms with Gasteiger partial charge in [0.15, 0.2) is 0 Å². The highest BCUT2D eigenvalue weighted by molar-refractivity contribution is 5.84. The van der Waals surface area contributed by atoms with Gasteiger partial charge in [-0.05, 0) is 43.5 Å². The quantitative estimate of drug-likeness (QED) is 0.431. The molecule has 0 amide bonds. The second-order valence-corrected chi connectivity index (χ2v) is 9.07. The smallest absolute Gasteiger partial charge is 0.134 e. The van der Waals surface area contributed by atoms with Crippen LogP contribution in [0.4, 0.5) is 5.69 Å². The molecule has 8 heteroatoms. The molecule has 0 aliphatic carbocycles. The van der Waals surface area contributed by atoms with Crippen molar-refractivity contribution in [2.75, 3.05) is 13.1 Å². The number of benzene rings is 1. The van der Waals surface area contributed by atoms with E-state index >= 15 is 0 Å². The van der Waals surface area contributed by atoms with Gasteiger partial charge >= 0.3 is 0 Å². The third-order valence-corrected chi connectivity index (χ3v) is 6.05. The zero-order valence-electron chi connectivity index (χ0n) is 20.2. The minimum atomic E-state index is 0.160. The average Bonchev–Trinajstić information content (AvgIpc) is 3.14. The van der Waals surface area contributed by atoms with Crippen LogP contribution in [-0.4, -0.2) is 49.4 Å². The lowest BCUT2D eigenvalue weighted by atomic mass is 9.96. The highest BCUT2D eigenvalue weighted by Gasteiger charge is 2.31. The summed E-state index contributed by atoms with van der Waals surface area (Å²) in [5, 5.41) is 4.22. The Bertz CT molecular complexity index is 1270. The number of nitrogens with zero attached hydrogens (tertiary/aromatic N) is 6. The molecule has 0 unspecified atom stereocenters. The van der Waals surface area contributed by atoms with Gasteiger partial charge in [0.05, 0.1) is 29.0 Å². The molecule has 0 spiro atoms. The summed E-state index contributed by atoms with van der Waals surface area (Å²) < 4.78 is 1.77. The van der Waals surface area contributed by atoms with Gasteiger partial charge in [0.25, 0.3) is 0 Å². The van der Waals surface area contributed by atoms with Gasteiger partial charge < -0.3 is 10.6 Å². The van der Waals surface area contributed by atoms with E-state index in [1.807, 2.05) is 57.7 Å². The Morgan fingerprint density at radius 3 is 2.62 bits per heavy atom. The Morgan fingerprint density at radius 1 is 1.24 bits per heavy atom. The molecule has 0 saturated carbocycles. The van der Waals surface area contributed by atoms with Crippen LogP contribution in [0, 0.1) is 6.92 Å². The number of likely N-dealkylation sites (tertiary alicyclic amines) is 1. The molecule has 8 nitrogen and oxygen atoms in total. The molecule has 1 saturated heterocycles. The van der Waals surface area contributed by atoms with E-state index in [0.29, 0.717) is 24.2 Å². The van der Waals surface area contributed by atoms with Crippen molar-refractivity contribution in [3.8, 4) is 0 Å². The minimum absolute atomic E-state index is 0.160. The number of ketones is 1. The SMILES string of the molecule is C=C(N)c1nc(C2CN(C(C)=Nc3ccc(CC(C)=O)cc3C)C2)cnc1Cc1cnn(C)c1. The van der Waals surface area contributed by atoms with Crippen molar-refractivity contribution in [2.24, 2.45) is 17.8 Å². The molecule has 3 aromatic rings. The first-order chi connectivity index (χ1) is 16.2. The predicted molar refractivity (Wildman–Crippen MR) is 134 cm³/mol. The Morgan fingerprint density at radius 2 is 2.00 bits per heavy atom. The van der Waals surface area contributed by atoms with Crippen LogP contribution in [0.2, 0.25) is 0 Å². The topological polar surface area (TPSA) is 102 Å². The number of nitrogens with two attached hydrogens (primary N) is 1. The lowest BCUT2D eigenvalue weighted by molar-refractivity contribution is -0.116. The van der Waals surface area contributed by atoms with Crippen LogP contribution in [0.25, 0.3) is 5.70 Å². The van der Waals surface area contributed by atoms with Crippen molar-refractivity contribution >= 4 is 23.0 Å². The number of aliphatic imine (C=N–C) groups is 1. The molecule has 4 rings (SSSR count). The van der Waals surface area contributed by atoms with Gasteiger partial charge in [-0.1, -0.05) is 18.7 Å². The summed E-state index contributed by atoms with van der Waals surface area (Å²) in [4.78, 5) is 27.9. The molecule has 0 atom stereocenters. The second-order valence-electron chi connectivity index (χ2n) is 9.07. The van der Waals surface area contributed by atoms with Gasteiger partial charge in [0, 0.05) is 51.3 Å². The molecule has 1 aliphatic rings. The molecule has 1 fully saturated rings. The summed E-state index contributed by atoms with van der Waals surface area (Å²) >= 11 is 0. The number of rotatable bonds is 7. The van der Waals surface area contributed by atoms with Crippen LogP contribution < -0.4 is 5.73 Å². The normalized spacial score (nSPS) is 14.2. The number of Topliss-reactive ketones (excluding diaryl/α,β-unsaturated/α-hetero) is 1. The minimum Gasteiger partial charge on any atom is -0.397 e. The van der Waals surface area contributed by atoms with Crippen molar-refractivity contribution in [1.29, 1.82) is 0 Å². The van der Waals surface area contributed by atoms with E-state index in [-0.39, 0.29) is 11.7 Å². The van der Waals surface area contributed by atoms with E-state index in [1.54, 1.807) is 11.6 Å². The van der Waals surface area contributed by atoms with Crippen LogP contribution in [0.15, 0.2) is 48.4 Å². The monoisotopic (exact) mass is 457 g/mol. The summed E-state index contributed by atoms with van der Waals surface area (Å²) in [5.74, 6) is 1.39. The van der Waals surface area contributed by atoms with Crippen LogP contribution >= 0.6 is 0 Å². The second kappa shape index (κ2) is 9.59. The van der Waals surface area contributed by atoms with Crippen molar-refractivity contribution < 1.29 is 4.79 Å². The van der Waals surface area contributed by atoms with E-state index < -0.39 is 0 Å². The summed E-state index contributed by atoms with van der Waals surface area (Å²) in [6, 6.07) is 6.00. The number of carbonyl (C=O) groups excluding carboxylic acids is 1. The predicted octanol–water partition coefficient (Wildman–Crippen LogP) is 3.32. The van der Waals surface area contributed by atoms with Crippen molar-refractivity contribution in [1.82, 2.24) is 24.6 Å². The third kappa shape index (κ3) is 5.22. The van der Waals surface area contributed by atoms with Gasteiger partial charge in [0.2, 0.25) is 0 Å². The third-order valence-electron chi connectivity index (χ3n) is 6.05. The van der Waals surface area contributed by atoms with E-state index in [1.165, 1.54) is 0 Å². The summed E-state index contributed by atoms with van der Waals surface area (Å²) in [5.41, 5.74) is 12.9. The molecule has 0 bridgehead atoms. The molecule has 1 aliphatic heterocycles. The standard InChI is InChI=1S/C26H31N7O/c1-16-8-20(9-17(2)34)6-7-23(16)30-19(4)33-14-22(15-33)25-12-28-24(26(31-25)18(3)27)10-21-11-29-32(5)13-21/h6-8,11-13,22H,3,9-10,14-15,27H2,1-2,4-5H3. The van der Waals surface area contributed by atoms with Crippen LogP contribution in [0.5, 0.6) is 0 Å². The van der Waals surface area contributed by atoms with Crippen LogP contribution in [0.3, 0.4) is 0 Å². The molecule has 176 valence electrons. The maximum absolute atomic E-state index is 11.4. The fourth-order valence-electron chi connectivity index (χ4n) is 4.18. The number of hydrogen-bond donors (Lipinski definition) is 1. The zero-order chi connectivity index (χ0) is 24.4. The van der Waals surface area contributed by atoms with Gasteiger partial charge in [0.1, 0.15) is 17.3 Å². The highest BCUT2D eigenvalue weighted by atomic mass is 16.1. The summed E-state index contributed by atoms with van der Waals surface area (Å²) in [6.07, 6.45) is 6.70. The Balaban J connectivity index is 1.44. The average molecular weight is 458 g/mol. The first-order valence-corrected chi connectivity index (χ1v) is 11.4. The van der Waals surface area contributed by atoms with Gasteiger partial charge in [-0.25, -0.2) is 9.98 Å². The van der Waals surface area contributed by atoms with Crippen LogP contribution in [-0.2, 0) is 24.7 Å². The lowest BCUT2D eigenvalue weighted by Gasteiger charge is -2.40. The summed E-state index contributed by atoms with van der Waals surface area (Å²) in [7, 11) is 1.89. The van der Waals surface area contributed by atoms with Gasteiger partial charge in [-0.3, -0.25) is 14.5 Å². The first kappa shape index (κ1) is 23.4. The molecular formula is C26H31N7O. The number of aromatic nitrogens is 4. The van der Waals surface area contributed by atoms with E-state index in [0.717, 1.165) is 52.7 Å². The Kier molecular flexibility index (Phi) is 6.58. The lowest BCUT2D eigenvalue weighted by Crippen LogP contribution is -2.47. The molecule has 34 heavy (non-hydrogen) atoms. The van der Waals surface area contributed by atoms with Crippen molar-refractivity contribution in [2.45, 2.75) is 39.5 Å². The van der Waals surface area contributed by atoms with E-state index in [9.17, 15) is 4.79 Å². The molecule has 2 aromatic heterocycles. The van der Waals surface area contributed by atoms with Crippen LogP contribution in [0.1, 0.15) is 53.5 Å². The maximum atomic E-state index is 11.4. The number of carbonyl (C=O) groups is 1. The van der Waals surface area contributed by atoms with Gasteiger partial charge in [-0.2, -0.15) is 5.10 Å². The number of hydrogen-bond acceptors (Lipinski definition) is 6. The van der Waals surface area contributed by atoms with E-state index in [4.69, 9.17) is 15.7 Å². The molecular weight excluding hydrogens is 426 g/mol. The first-order valence-electron chi connectivity index (χ1n) is 11.4. The summed E-state index contributed by atoms with van der Waals surface area (Å²) in [6.45, 7) is 11.2. The fraction of sp³-hybridized carbons (Fsp3) is 0.346. The molecule has 3 heterocycles. The van der Waals surface area contributed by atoms with Crippen molar-refractivity contribution in [3.63, 3.8) is 0 Å². The Labute approximate surface area is 200 Å². The maximum Gasteiger partial charge on any atom is 0.134 e. The Hall–Kier alpha value is -3.81. The van der Waals surface area contributed by atoms with Crippen molar-refractivity contribution in [3.05, 3.63) is 77.1 Å². The zero-order valence-corrected chi connectivity index (χ0v) is 20.2. The van der Waals surface area contributed by atoms with E-state index in [2.05, 4.69) is 21.6 Å².